The second-order valence-corrected chi connectivity index (χ2v) is 9.54. The van der Waals surface area contributed by atoms with Crippen molar-refractivity contribution in [1.82, 2.24) is 4.90 Å². The van der Waals surface area contributed by atoms with Crippen LogP contribution in [-0.4, -0.2) is 62.0 Å². The van der Waals surface area contributed by atoms with Gasteiger partial charge in [-0.25, -0.2) is 13.2 Å². The predicted molar refractivity (Wildman–Crippen MR) is 106 cm³/mol. The van der Waals surface area contributed by atoms with Gasteiger partial charge >= 0.3 is 5.97 Å². The van der Waals surface area contributed by atoms with E-state index in [1.54, 1.807) is 11.0 Å². The van der Waals surface area contributed by atoms with Gasteiger partial charge in [0.05, 0.1) is 11.5 Å². The van der Waals surface area contributed by atoms with E-state index in [1.165, 1.54) is 0 Å². The maximum Gasteiger partial charge on any atom is 0.344 e. The number of hydrogen-bond acceptors (Lipinski definition) is 6. The Labute approximate surface area is 166 Å². The lowest BCUT2D eigenvalue weighted by Crippen LogP contribution is -2.48. The largest absolute Gasteiger partial charge is 0.482 e. The molecule has 28 heavy (non-hydrogen) atoms. The Hall–Kier alpha value is -2.09. The lowest BCUT2D eigenvalue weighted by atomic mass is 10.1. The lowest BCUT2D eigenvalue weighted by molar-refractivity contribution is -0.155. The summed E-state index contributed by atoms with van der Waals surface area (Å²) in [6.45, 7) is 7.02. The number of amides is 1. The van der Waals surface area contributed by atoms with Crippen LogP contribution in [0.4, 0.5) is 0 Å². The molecule has 0 aliphatic carbocycles. The summed E-state index contributed by atoms with van der Waals surface area (Å²) in [5.41, 5.74) is 2.18. The summed E-state index contributed by atoms with van der Waals surface area (Å²) in [5, 5.41) is 0. The Bertz CT molecular complexity index is 820. The van der Waals surface area contributed by atoms with Gasteiger partial charge in [0.1, 0.15) is 5.75 Å². The van der Waals surface area contributed by atoms with Crippen molar-refractivity contribution >= 4 is 21.7 Å². The first-order chi connectivity index (χ1) is 13.1. The van der Waals surface area contributed by atoms with Crippen molar-refractivity contribution in [1.29, 1.82) is 0 Å². The van der Waals surface area contributed by atoms with Crippen molar-refractivity contribution in [2.24, 2.45) is 0 Å². The van der Waals surface area contributed by atoms with E-state index in [2.05, 4.69) is 0 Å². The van der Waals surface area contributed by atoms with Crippen molar-refractivity contribution in [3.05, 3.63) is 29.3 Å². The quantitative estimate of drug-likeness (QED) is 0.608. The van der Waals surface area contributed by atoms with Gasteiger partial charge in [0.25, 0.3) is 5.91 Å². The van der Waals surface area contributed by atoms with Gasteiger partial charge in [-0.2, -0.15) is 0 Å². The zero-order chi connectivity index (χ0) is 20.9. The molecule has 1 heterocycles. The number of benzene rings is 1. The normalized spacial score (nSPS) is 19.1. The predicted octanol–water partition coefficient (Wildman–Crippen LogP) is 2.04. The molecular formula is C20H29NO6S. The van der Waals surface area contributed by atoms with Crippen LogP contribution >= 0.6 is 0 Å². The van der Waals surface area contributed by atoms with Gasteiger partial charge < -0.3 is 14.4 Å². The summed E-state index contributed by atoms with van der Waals surface area (Å²) in [6.07, 6.45) is 1.11. The van der Waals surface area contributed by atoms with E-state index in [0.717, 1.165) is 11.1 Å². The standard InChI is InChI=1S/C20H29NO6S/c1-5-16(4)21(17-8-9-28(24,25)13-17)19(22)11-27-20(23)12-26-18-7-6-14(2)15(3)10-18/h6-7,10,16-17H,5,8-9,11-13H2,1-4H3/t16-,17+/m1/s1. The topological polar surface area (TPSA) is 90.0 Å². The van der Waals surface area contributed by atoms with Gasteiger partial charge in [0.2, 0.25) is 0 Å². The second kappa shape index (κ2) is 9.41. The van der Waals surface area contributed by atoms with E-state index in [0.29, 0.717) is 18.6 Å². The fourth-order valence-corrected chi connectivity index (χ4v) is 4.92. The third-order valence-corrected chi connectivity index (χ3v) is 6.90. The number of nitrogens with zero attached hydrogens (tertiary/aromatic N) is 1. The van der Waals surface area contributed by atoms with Gasteiger partial charge in [-0.3, -0.25) is 4.79 Å². The van der Waals surface area contributed by atoms with Gasteiger partial charge in [-0.05, 0) is 56.9 Å². The van der Waals surface area contributed by atoms with Gasteiger partial charge in [-0.15, -0.1) is 0 Å². The number of esters is 1. The Morgan fingerprint density at radius 3 is 2.50 bits per heavy atom. The number of carbonyl (C=O) groups excluding carboxylic acids is 2. The van der Waals surface area contributed by atoms with E-state index < -0.39 is 22.4 Å². The van der Waals surface area contributed by atoms with E-state index in [-0.39, 0.29) is 36.1 Å². The molecule has 0 unspecified atom stereocenters. The highest BCUT2D eigenvalue weighted by atomic mass is 32.2. The van der Waals surface area contributed by atoms with Gasteiger partial charge in [-0.1, -0.05) is 13.0 Å². The zero-order valence-electron chi connectivity index (χ0n) is 16.9. The number of ether oxygens (including phenoxy) is 2. The van der Waals surface area contributed by atoms with E-state index in [4.69, 9.17) is 9.47 Å². The molecule has 1 aromatic carbocycles. The molecule has 8 heteroatoms. The highest BCUT2D eigenvalue weighted by molar-refractivity contribution is 7.91. The zero-order valence-corrected chi connectivity index (χ0v) is 17.8. The minimum absolute atomic E-state index is 0.0348. The Kier molecular flexibility index (Phi) is 7.46. The fourth-order valence-electron chi connectivity index (χ4n) is 3.21. The molecule has 1 saturated heterocycles. The summed E-state index contributed by atoms with van der Waals surface area (Å²) in [6, 6.07) is 5.01. The molecule has 2 atom stereocenters. The van der Waals surface area contributed by atoms with Crippen LogP contribution in [0.15, 0.2) is 18.2 Å². The summed E-state index contributed by atoms with van der Waals surface area (Å²) in [7, 11) is -3.11. The summed E-state index contributed by atoms with van der Waals surface area (Å²) in [4.78, 5) is 26.1. The molecule has 0 saturated carbocycles. The number of carbonyl (C=O) groups is 2. The first kappa shape index (κ1) is 22.2. The minimum Gasteiger partial charge on any atom is -0.482 e. The molecule has 1 aliphatic rings. The molecule has 7 nitrogen and oxygen atoms in total. The van der Waals surface area contributed by atoms with Gasteiger partial charge in [0.15, 0.2) is 23.1 Å². The first-order valence-corrected chi connectivity index (χ1v) is 11.3. The molecule has 1 aromatic rings. The Morgan fingerprint density at radius 1 is 1.21 bits per heavy atom. The van der Waals surface area contributed by atoms with Crippen molar-refractivity contribution < 1.29 is 27.5 Å². The van der Waals surface area contributed by atoms with E-state index in [9.17, 15) is 18.0 Å². The summed E-state index contributed by atoms with van der Waals surface area (Å²) < 4.78 is 34.0. The molecule has 0 N–H and O–H groups in total. The minimum atomic E-state index is -3.11. The second-order valence-electron chi connectivity index (χ2n) is 7.31. The fraction of sp³-hybridized carbons (Fsp3) is 0.600. The molecule has 0 aromatic heterocycles. The number of rotatable bonds is 8. The van der Waals surface area contributed by atoms with Crippen LogP contribution in [0.3, 0.4) is 0 Å². The van der Waals surface area contributed by atoms with Crippen molar-refractivity contribution in [3.8, 4) is 5.75 Å². The molecule has 0 bridgehead atoms. The monoisotopic (exact) mass is 411 g/mol. The van der Waals surface area contributed by atoms with Crippen LogP contribution in [0, 0.1) is 13.8 Å². The molecule has 1 fully saturated rings. The molecule has 2 rings (SSSR count). The van der Waals surface area contributed by atoms with Crippen LogP contribution in [0.25, 0.3) is 0 Å². The summed E-state index contributed by atoms with van der Waals surface area (Å²) in [5.74, 6) is -0.413. The SMILES string of the molecule is CC[C@@H](C)N(C(=O)COC(=O)COc1ccc(C)c(C)c1)[C@H]1CCS(=O)(=O)C1. The van der Waals surface area contributed by atoms with Gasteiger partial charge in [0, 0.05) is 12.1 Å². The molecule has 1 aliphatic heterocycles. The number of sulfone groups is 1. The third kappa shape index (κ3) is 5.95. The van der Waals surface area contributed by atoms with Crippen molar-refractivity contribution in [2.75, 3.05) is 24.7 Å². The van der Waals surface area contributed by atoms with Crippen LogP contribution in [0.1, 0.15) is 37.8 Å². The third-order valence-electron chi connectivity index (χ3n) is 5.15. The van der Waals surface area contributed by atoms with E-state index >= 15 is 0 Å². The van der Waals surface area contributed by atoms with Crippen LogP contribution in [0.5, 0.6) is 5.75 Å². The molecule has 1 amide bonds. The van der Waals surface area contributed by atoms with Crippen molar-refractivity contribution in [3.63, 3.8) is 0 Å². The average Bonchev–Trinajstić information content (AvgIpc) is 3.00. The first-order valence-electron chi connectivity index (χ1n) is 9.50. The average molecular weight is 412 g/mol. The maximum atomic E-state index is 12.6. The van der Waals surface area contributed by atoms with Crippen molar-refractivity contribution in [2.45, 2.75) is 52.6 Å². The van der Waals surface area contributed by atoms with Crippen LogP contribution in [0.2, 0.25) is 0 Å². The molecule has 0 radical (unpaired) electrons. The lowest BCUT2D eigenvalue weighted by Gasteiger charge is -2.33. The van der Waals surface area contributed by atoms with Crippen LogP contribution < -0.4 is 4.74 Å². The van der Waals surface area contributed by atoms with Crippen LogP contribution in [-0.2, 0) is 24.2 Å². The molecular weight excluding hydrogens is 382 g/mol. The maximum absolute atomic E-state index is 12.6. The summed E-state index contributed by atoms with van der Waals surface area (Å²) >= 11 is 0. The molecule has 156 valence electrons. The molecule has 0 spiro atoms. The highest BCUT2D eigenvalue weighted by Gasteiger charge is 2.36. The van der Waals surface area contributed by atoms with E-state index in [1.807, 2.05) is 39.8 Å². The highest BCUT2D eigenvalue weighted by Crippen LogP contribution is 2.21. The Balaban J connectivity index is 1.88. The number of hydrogen-bond donors (Lipinski definition) is 0. The smallest absolute Gasteiger partial charge is 0.344 e. The number of aryl methyl sites for hydroxylation is 2. The Morgan fingerprint density at radius 2 is 1.93 bits per heavy atom.